The van der Waals surface area contributed by atoms with Gasteiger partial charge in [0.05, 0.1) is 0 Å². The second-order valence-electron chi connectivity index (χ2n) is 17.1. The van der Waals surface area contributed by atoms with Crippen molar-refractivity contribution in [3.05, 3.63) is 97.2 Å². The molecule has 0 aromatic rings. The predicted octanol–water partition coefficient (Wildman–Crippen LogP) is 17.4. The molecule has 0 radical (unpaired) electrons. The van der Waals surface area contributed by atoms with Gasteiger partial charge in [-0.15, -0.1) is 0 Å². The van der Waals surface area contributed by atoms with Crippen LogP contribution in [0.25, 0.3) is 0 Å². The highest BCUT2D eigenvalue weighted by Gasteiger charge is 2.19. The summed E-state index contributed by atoms with van der Waals surface area (Å²) in [6.45, 7) is 6.41. The van der Waals surface area contributed by atoms with Crippen molar-refractivity contribution in [2.75, 3.05) is 13.2 Å². The lowest BCUT2D eigenvalue weighted by Crippen LogP contribution is -2.30. The van der Waals surface area contributed by atoms with E-state index in [1.54, 1.807) is 0 Å². The molecule has 64 heavy (non-hydrogen) atoms. The molecule has 0 bridgehead atoms. The molecule has 0 fully saturated rings. The van der Waals surface area contributed by atoms with E-state index in [0.717, 1.165) is 116 Å². The molecule has 1 atom stereocenters. The van der Waals surface area contributed by atoms with Crippen LogP contribution in [0.15, 0.2) is 97.2 Å². The Kier molecular flexibility index (Phi) is 49.0. The van der Waals surface area contributed by atoms with Crippen LogP contribution in [0.4, 0.5) is 0 Å². The number of hydrogen-bond donors (Lipinski definition) is 0. The first-order valence-electron chi connectivity index (χ1n) is 26.3. The summed E-state index contributed by atoms with van der Waals surface area (Å²) in [5.74, 6) is -0.978. The van der Waals surface area contributed by atoms with Crippen LogP contribution in [0.1, 0.15) is 233 Å². The zero-order valence-corrected chi connectivity index (χ0v) is 41.5. The minimum atomic E-state index is -0.808. The highest BCUT2D eigenvalue weighted by molar-refractivity contribution is 5.71. The van der Waals surface area contributed by atoms with E-state index in [0.29, 0.717) is 19.3 Å². The van der Waals surface area contributed by atoms with Crippen LogP contribution in [-0.2, 0) is 28.6 Å². The molecule has 0 aromatic carbocycles. The third-order valence-electron chi connectivity index (χ3n) is 10.9. The van der Waals surface area contributed by atoms with Crippen molar-refractivity contribution in [1.29, 1.82) is 0 Å². The molecule has 6 heteroatoms. The number of esters is 3. The summed E-state index contributed by atoms with van der Waals surface area (Å²) in [6, 6.07) is 0. The van der Waals surface area contributed by atoms with Crippen LogP contribution in [0.2, 0.25) is 0 Å². The van der Waals surface area contributed by atoms with E-state index >= 15 is 0 Å². The third-order valence-corrected chi connectivity index (χ3v) is 10.9. The molecule has 0 aromatic heterocycles. The number of unbranched alkanes of at least 4 members (excludes halogenated alkanes) is 22. The van der Waals surface area contributed by atoms with E-state index in [4.69, 9.17) is 14.2 Å². The average molecular weight is 889 g/mol. The molecule has 1 unspecified atom stereocenters. The largest absolute Gasteiger partial charge is 0.462 e. The number of carbonyl (C=O) groups is 3. The van der Waals surface area contributed by atoms with Gasteiger partial charge in [0.25, 0.3) is 0 Å². The Morgan fingerprint density at radius 2 is 0.672 bits per heavy atom. The first-order chi connectivity index (χ1) is 31.5. The van der Waals surface area contributed by atoms with Crippen LogP contribution in [0.3, 0.4) is 0 Å². The number of hydrogen-bond acceptors (Lipinski definition) is 6. The fourth-order valence-electron chi connectivity index (χ4n) is 6.93. The summed E-state index contributed by atoms with van der Waals surface area (Å²) in [6.07, 6.45) is 68.2. The molecule has 364 valence electrons. The third kappa shape index (κ3) is 49.3. The van der Waals surface area contributed by atoms with E-state index in [9.17, 15) is 14.4 Å². The van der Waals surface area contributed by atoms with Crippen molar-refractivity contribution < 1.29 is 28.6 Å². The van der Waals surface area contributed by atoms with Crippen molar-refractivity contribution in [1.82, 2.24) is 0 Å². The summed E-state index contributed by atoms with van der Waals surface area (Å²) < 4.78 is 16.7. The molecule has 0 aliphatic carbocycles. The van der Waals surface area contributed by atoms with Crippen molar-refractivity contribution in [3.63, 3.8) is 0 Å². The van der Waals surface area contributed by atoms with Crippen LogP contribution in [0.5, 0.6) is 0 Å². The SMILES string of the molecule is CC/C=C\C/C=C\C/C=C\CCCCC(=O)OCC(COC(=O)CCCCCCC\C=C/C=C\C=C/C=C\CCCCC)OC(=O)CCCCCCC/C=C\CCCCCCCCC. The van der Waals surface area contributed by atoms with E-state index in [1.807, 2.05) is 0 Å². The van der Waals surface area contributed by atoms with Gasteiger partial charge < -0.3 is 14.2 Å². The Morgan fingerprint density at radius 3 is 1.17 bits per heavy atom. The summed E-state index contributed by atoms with van der Waals surface area (Å²) in [7, 11) is 0. The van der Waals surface area contributed by atoms with Crippen LogP contribution in [-0.4, -0.2) is 37.2 Å². The van der Waals surface area contributed by atoms with Crippen molar-refractivity contribution in [2.24, 2.45) is 0 Å². The smallest absolute Gasteiger partial charge is 0.306 e. The van der Waals surface area contributed by atoms with Gasteiger partial charge in [0, 0.05) is 19.3 Å². The zero-order valence-electron chi connectivity index (χ0n) is 41.5. The molecule has 0 saturated heterocycles. The summed E-state index contributed by atoms with van der Waals surface area (Å²) >= 11 is 0. The van der Waals surface area contributed by atoms with Crippen molar-refractivity contribution in [3.8, 4) is 0 Å². The lowest BCUT2D eigenvalue weighted by atomic mass is 10.1. The van der Waals surface area contributed by atoms with Crippen LogP contribution in [0, 0.1) is 0 Å². The monoisotopic (exact) mass is 889 g/mol. The zero-order chi connectivity index (χ0) is 46.5. The van der Waals surface area contributed by atoms with Gasteiger partial charge in [-0.05, 0) is 103 Å². The summed E-state index contributed by atoms with van der Waals surface area (Å²) in [5.41, 5.74) is 0. The quantitative estimate of drug-likeness (QED) is 0.0199. The van der Waals surface area contributed by atoms with Gasteiger partial charge in [0.2, 0.25) is 0 Å². The Bertz CT molecular complexity index is 1300. The highest BCUT2D eigenvalue weighted by Crippen LogP contribution is 2.13. The minimum Gasteiger partial charge on any atom is -0.462 e. The second kappa shape index (κ2) is 52.0. The molecular weight excluding hydrogens is 793 g/mol. The van der Waals surface area contributed by atoms with Gasteiger partial charge in [-0.2, -0.15) is 0 Å². The maximum absolute atomic E-state index is 12.8. The van der Waals surface area contributed by atoms with Gasteiger partial charge >= 0.3 is 17.9 Å². The first kappa shape index (κ1) is 60.3. The number of carbonyl (C=O) groups excluding carboxylic acids is 3. The van der Waals surface area contributed by atoms with Crippen molar-refractivity contribution >= 4 is 17.9 Å². The van der Waals surface area contributed by atoms with E-state index in [2.05, 4.69) is 118 Å². The van der Waals surface area contributed by atoms with E-state index < -0.39 is 6.10 Å². The average Bonchev–Trinajstić information content (AvgIpc) is 3.29. The predicted molar refractivity (Wildman–Crippen MR) is 274 cm³/mol. The van der Waals surface area contributed by atoms with E-state index in [1.165, 1.54) is 77.0 Å². The Morgan fingerprint density at radius 1 is 0.344 bits per heavy atom. The van der Waals surface area contributed by atoms with Crippen LogP contribution >= 0.6 is 0 Å². The van der Waals surface area contributed by atoms with Gasteiger partial charge in [-0.25, -0.2) is 0 Å². The molecular formula is C58H96O6. The fraction of sp³-hybridized carbons (Fsp3) is 0.672. The first-order valence-corrected chi connectivity index (χ1v) is 26.3. The maximum Gasteiger partial charge on any atom is 0.306 e. The second-order valence-corrected chi connectivity index (χ2v) is 17.1. The van der Waals surface area contributed by atoms with Gasteiger partial charge in [0.1, 0.15) is 13.2 Å². The van der Waals surface area contributed by atoms with Gasteiger partial charge in [-0.3, -0.25) is 14.4 Å². The molecule has 0 amide bonds. The number of ether oxygens (including phenoxy) is 3. The highest BCUT2D eigenvalue weighted by atomic mass is 16.6. The number of rotatable bonds is 46. The van der Waals surface area contributed by atoms with Gasteiger partial charge in [0.15, 0.2) is 6.10 Å². The molecule has 0 rings (SSSR count). The van der Waals surface area contributed by atoms with E-state index in [-0.39, 0.29) is 31.1 Å². The lowest BCUT2D eigenvalue weighted by molar-refractivity contribution is -0.167. The maximum atomic E-state index is 12.8. The molecule has 0 N–H and O–H groups in total. The van der Waals surface area contributed by atoms with Gasteiger partial charge in [-0.1, -0.05) is 208 Å². The molecule has 0 saturated carbocycles. The molecule has 0 heterocycles. The summed E-state index contributed by atoms with van der Waals surface area (Å²) in [4.78, 5) is 38.0. The minimum absolute atomic E-state index is 0.106. The Hall–Kier alpha value is -3.67. The van der Waals surface area contributed by atoms with Crippen LogP contribution < -0.4 is 0 Å². The Balaban J connectivity index is 4.49. The normalized spacial score (nSPS) is 12.9. The fourth-order valence-corrected chi connectivity index (χ4v) is 6.93. The standard InChI is InChI=1S/C58H96O6/c1-4-7-10-13-16-19-22-25-27-29-30-32-33-36-39-42-45-48-51-57(60)63-54-55(53-62-56(59)50-47-44-41-38-35-24-21-18-15-12-9-6-3)64-58(61)52-49-46-43-40-37-34-31-28-26-23-20-17-14-11-8-5-2/h9,12,16,18-19,21-22,25,27-32,35,38,55H,4-8,10-11,13-15,17,20,23-24,26,33-34,36-37,39-54H2,1-3H3/b12-9-,19-16-,21-18-,25-22-,29-27-,31-28-,32-30-,38-35-. The van der Waals surface area contributed by atoms with Crippen molar-refractivity contribution in [2.45, 2.75) is 239 Å². The molecule has 0 aliphatic rings. The lowest BCUT2D eigenvalue weighted by Gasteiger charge is -2.18. The topological polar surface area (TPSA) is 78.9 Å². The molecule has 0 spiro atoms. The molecule has 6 nitrogen and oxygen atoms in total. The summed E-state index contributed by atoms with van der Waals surface area (Å²) in [5, 5.41) is 0. The Labute approximate surface area is 394 Å². The molecule has 0 aliphatic heterocycles. The number of allylic oxidation sites excluding steroid dienone is 16.